The first-order valence-corrected chi connectivity index (χ1v) is 7.14. The number of fused-ring (bicyclic) bond motifs is 2. The Bertz CT molecular complexity index is 538. The SMILES string of the molecule is O=C1C2CCC(C2)C(=O)N1Cc1cc(Br)ccc1F. The lowest BCUT2D eigenvalue weighted by atomic mass is 9.96. The topological polar surface area (TPSA) is 37.4 Å². The maximum absolute atomic E-state index is 13.7. The average Bonchev–Trinajstić information content (AvgIpc) is 2.83. The third-order valence-corrected chi connectivity index (χ3v) is 4.49. The largest absolute Gasteiger partial charge is 0.278 e. The molecule has 2 atom stereocenters. The molecule has 2 amide bonds. The van der Waals surface area contributed by atoms with Gasteiger partial charge in [-0.05, 0) is 37.5 Å². The number of likely N-dealkylation sites (tertiary alicyclic amines) is 1. The number of piperidine rings is 1. The standard InChI is InChI=1S/C14H13BrFNO2/c15-11-3-4-12(16)10(6-11)7-17-13(18)8-1-2-9(5-8)14(17)19/h3-4,6,8-9H,1-2,5,7H2. The van der Waals surface area contributed by atoms with Gasteiger partial charge in [0, 0.05) is 21.9 Å². The predicted molar refractivity (Wildman–Crippen MR) is 70.5 cm³/mol. The van der Waals surface area contributed by atoms with Crippen LogP contribution in [0.5, 0.6) is 0 Å². The minimum absolute atomic E-state index is 0.0376. The third-order valence-electron chi connectivity index (χ3n) is 4.00. The second-order valence-corrected chi connectivity index (χ2v) is 6.12. The molecule has 0 aromatic heterocycles. The maximum Gasteiger partial charge on any atom is 0.232 e. The molecule has 2 aliphatic rings. The molecule has 3 rings (SSSR count). The summed E-state index contributed by atoms with van der Waals surface area (Å²) < 4.78 is 14.5. The van der Waals surface area contributed by atoms with Crippen LogP contribution in [0.3, 0.4) is 0 Å². The fraction of sp³-hybridized carbons (Fsp3) is 0.429. The molecule has 2 fully saturated rings. The zero-order chi connectivity index (χ0) is 13.6. The summed E-state index contributed by atoms with van der Waals surface area (Å²) in [6.45, 7) is 0.0376. The van der Waals surface area contributed by atoms with Crippen molar-refractivity contribution in [3.8, 4) is 0 Å². The summed E-state index contributed by atoms with van der Waals surface area (Å²) in [4.78, 5) is 25.6. The van der Waals surface area contributed by atoms with E-state index in [1.165, 1.54) is 11.0 Å². The van der Waals surface area contributed by atoms with Crippen molar-refractivity contribution in [1.82, 2.24) is 4.90 Å². The fourth-order valence-electron chi connectivity index (χ4n) is 2.97. The number of nitrogens with zero attached hydrogens (tertiary/aromatic N) is 1. The first-order valence-electron chi connectivity index (χ1n) is 6.35. The minimum Gasteiger partial charge on any atom is -0.278 e. The van der Waals surface area contributed by atoms with E-state index in [9.17, 15) is 14.0 Å². The fourth-order valence-corrected chi connectivity index (χ4v) is 3.38. The molecule has 0 spiro atoms. The van der Waals surface area contributed by atoms with Gasteiger partial charge >= 0.3 is 0 Å². The van der Waals surface area contributed by atoms with Gasteiger partial charge < -0.3 is 0 Å². The number of benzene rings is 1. The van der Waals surface area contributed by atoms with E-state index in [0.29, 0.717) is 12.0 Å². The van der Waals surface area contributed by atoms with Gasteiger partial charge in [0.05, 0.1) is 6.54 Å². The molecule has 100 valence electrons. The van der Waals surface area contributed by atoms with Crippen LogP contribution in [0.4, 0.5) is 4.39 Å². The average molecular weight is 326 g/mol. The zero-order valence-electron chi connectivity index (χ0n) is 10.2. The monoisotopic (exact) mass is 325 g/mol. The van der Waals surface area contributed by atoms with E-state index in [0.717, 1.165) is 17.3 Å². The van der Waals surface area contributed by atoms with Crippen molar-refractivity contribution in [3.05, 3.63) is 34.1 Å². The van der Waals surface area contributed by atoms with Crippen LogP contribution in [0.15, 0.2) is 22.7 Å². The van der Waals surface area contributed by atoms with Crippen LogP contribution >= 0.6 is 15.9 Å². The van der Waals surface area contributed by atoms with Crippen molar-refractivity contribution < 1.29 is 14.0 Å². The number of hydrogen-bond acceptors (Lipinski definition) is 2. The lowest BCUT2D eigenvalue weighted by molar-refractivity contribution is -0.153. The van der Waals surface area contributed by atoms with Gasteiger partial charge in [-0.2, -0.15) is 0 Å². The zero-order valence-corrected chi connectivity index (χ0v) is 11.8. The molecule has 1 saturated heterocycles. The van der Waals surface area contributed by atoms with Gasteiger partial charge in [-0.1, -0.05) is 15.9 Å². The summed E-state index contributed by atoms with van der Waals surface area (Å²) >= 11 is 3.27. The summed E-state index contributed by atoms with van der Waals surface area (Å²) in [6, 6.07) is 4.56. The number of imide groups is 1. The van der Waals surface area contributed by atoms with E-state index >= 15 is 0 Å². The molecule has 1 heterocycles. The van der Waals surface area contributed by atoms with Crippen LogP contribution in [0.25, 0.3) is 0 Å². The maximum atomic E-state index is 13.7. The number of carbonyl (C=O) groups excluding carboxylic acids is 2. The number of carbonyl (C=O) groups is 2. The molecule has 2 bridgehead atoms. The Hall–Kier alpha value is -1.23. The van der Waals surface area contributed by atoms with E-state index in [2.05, 4.69) is 15.9 Å². The van der Waals surface area contributed by atoms with Gasteiger partial charge in [0.2, 0.25) is 11.8 Å². The van der Waals surface area contributed by atoms with Gasteiger partial charge in [0.1, 0.15) is 5.82 Å². The van der Waals surface area contributed by atoms with Gasteiger partial charge in [-0.3, -0.25) is 14.5 Å². The van der Waals surface area contributed by atoms with Crippen LogP contribution in [0.1, 0.15) is 24.8 Å². The molecule has 0 radical (unpaired) electrons. The highest BCUT2D eigenvalue weighted by Gasteiger charge is 2.45. The molecule has 1 saturated carbocycles. The Kier molecular flexibility index (Phi) is 3.17. The highest BCUT2D eigenvalue weighted by atomic mass is 79.9. The first-order chi connectivity index (χ1) is 9.06. The minimum atomic E-state index is -0.387. The number of halogens is 2. The van der Waals surface area contributed by atoms with Gasteiger partial charge in [0.15, 0.2) is 0 Å². The van der Waals surface area contributed by atoms with Gasteiger partial charge in [0.25, 0.3) is 0 Å². The molecule has 0 N–H and O–H groups in total. The van der Waals surface area contributed by atoms with Gasteiger partial charge in [-0.15, -0.1) is 0 Å². The summed E-state index contributed by atoms with van der Waals surface area (Å²) in [5, 5.41) is 0. The lowest BCUT2D eigenvalue weighted by Gasteiger charge is -2.29. The van der Waals surface area contributed by atoms with E-state index < -0.39 is 0 Å². The number of rotatable bonds is 2. The van der Waals surface area contributed by atoms with Gasteiger partial charge in [-0.25, -0.2) is 4.39 Å². The molecule has 19 heavy (non-hydrogen) atoms. The third kappa shape index (κ3) is 2.20. The molecular weight excluding hydrogens is 313 g/mol. The highest BCUT2D eigenvalue weighted by molar-refractivity contribution is 9.10. The second-order valence-electron chi connectivity index (χ2n) is 5.21. The lowest BCUT2D eigenvalue weighted by Crippen LogP contribution is -2.45. The van der Waals surface area contributed by atoms with Crippen LogP contribution in [-0.4, -0.2) is 16.7 Å². The quantitative estimate of drug-likeness (QED) is 0.784. The van der Waals surface area contributed by atoms with Crippen molar-refractivity contribution in [3.63, 3.8) is 0 Å². The Morgan fingerprint density at radius 3 is 2.47 bits per heavy atom. The Balaban J connectivity index is 1.88. The normalized spacial score (nSPS) is 26.1. The molecule has 2 unspecified atom stereocenters. The van der Waals surface area contributed by atoms with E-state index in [1.54, 1.807) is 12.1 Å². The smallest absolute Gasteiger partial charge is 0.232 e. The van der Waals surface area contributed by atoms with Crippen LogP contribution < -0.4 is 0 Å². The second kappa shape index (κ2) is 4.71. The first kappa shape index (κ1) is 12.8. The molecule has 5 heteroatoms. The van der Waals surface area contributed by atoms with Crippen molar-refractivity contribution in [1.29, 1.82) is 0 Å². The summed E-state index contributed by atoms with van der Waals surface area (Å²) in [5.74, 6) is -0.756. The molecule has 1 aliphatic carbocycles. The Morgan fingerprint density at radius 2 is 1.84 bits per heavy atom. The summed E-state index contributed by atoms with van der Waals surface area (Å²) in [6.07, 6.45) is 2.24. The van der Waals surface area contributed by atoms with Crippen molar-refractivity contribution in [2.24, 2.45) is 11.8 Å². The molecule has 1 aromatic carbocycles. The molecule has 1 aromatic rings. The number of hydrogen-bond donors (Lipinski definition) is 0. The van der Waals surface area contributed by atoms with Crippen molar-refractivity contribution in [2.75, 3.05) is 0 Å². The molecule has 3 nitrogen and oxygen atoms in total. The van der Waals surface area contributed by atoms with E-state index in [1.807, 2.05) is 0 Å². The van der Waals surface area contributed by atoms with E-state index in [-0.39, 0.29) is 36.0 Å². The molecule has 1 aliphatic heterocycles. The van der Waals surface area contributed by atoms with Crippen LogP contribution in [-0.2, 0) is 16.1 Å². The predicted octanol–water partition coefficient (Wildman–Crippen LogP) is 2.87. The highest BCUT2D eigenvalue weighted by Crippen LogP contribution is 2.38. The van der Waals surface area contributed by atoms with Crippen LogP contribution in [0.2, 0.25) is 0 Å². The Labute approximate surface area is 118 Å². The van der Waals surface area contributed by atoms with Crippen LogP contribution in [0, 0.1) is 17.7 Å². The molecular formula is C14H13BrFNO2. The summed E-state index contributed by atoms with van der Waals surface area (Å²) in [7, 11) is 0. The van der Waals surface area contributed by atoms with E-state index in [4.69, 9.17) is 0 Å². The van der Waals surface area contributed by atoms with Crippen molar-refractivity contribution >= 4 is 27.7 Å². The van der Waals surface area contributed by atoms with Crippen molar-refractivity contribution in [2.45, 2.75) is 25.8 Å². The summed E-state index contributed by atoms with van der Waals surface area (Å²) in [5.41, 5.74) is 0.373. The Morgan fingerprint density at radius 1 is 1.21 bits per heavy atom. The number of amides is 2.